The number of hydrogen-bond acceptors (Lipinski definition) is 5. The number of methoxy groups -OCH3 is 1. The largest absolute Gasteiger partial charge is 0.550 e. The van der Waals surface area contributed by atoms with E-state index in [2.05, 4.69) is 10.6 Å². The molecule has 30 heavy (non-hydrogen) atoms. The number of rotatable bonds is 6. The summed E-state index contributed by atoms with van der Waals surface area (Å²) >= 11 is 0. The number of carbonyl (C=O) groups is 3. The van der Waals surface area contributed by atoms with Gasteiger partial charge in [-0.3, -0.25) is 9.59 Å². The highest BCUT2D eigenvalue weighted by Crippen LogP contribution is 2.48. The van der Waals surface area contributed by atoms with Gasteiger partial charge in [-0.25, -0.2) is 0 Å². The quantitative estimate of drug-likeness (QED) is 0.716. The van der Waals surface area contributed by atoms with Crippen LogP contribution in [0.2, 0.25) is 0 Å². The van der Waals surface area contributed by atoms with E-state index in [0.29, 0.717) is 29.1 Å². The van der Waals surface area contributed by atoms with Gasteiger partial charge in [-0.2, -0.15) is 0 Å². The Morgan fingerprint density at radius 2 is 1.67 bits per heavy atom. The van der Waals surface area contributed by atoms with Crippen LogP contribution in [0.5, 0.6) is 5.75 Å². The van der Waals surface area contributed by atoms with Crippen molar-refractivity contribution in [3.8, 4) is 5.75 Å². The summed E-state index contributed by atoms with van der Waals surface area (Å²) < 4.78 is 5.36. The summed E-state index contributed by atoms with van der Waals surface area (Å²) in [5.41, 5.74) is 1.42. The summed E-state index contributed by atoms with van der Waals surface area (Å²) in [5.74, 6) is -3.17. The Morgan fingerprint density at radius 1 is 0.967 bits per heavy atom. The van der Waals surface area contributed by atoms with E-state index in [0.717, 1.165) is 0 Å². The lowest BCUT2D eigenvalue weighted by Gasteiger charge is -2.27. The zero-order chi connectivity index (χ0) is 21.3. The van der Waals surface area contributed by atoms with E-state index in [1.165, 1.54) is 7.11 Å². The fourth-order valence-electron chi connectivity index (χ4n) is 4.38. The minimum Gasteiger partial charge on any atom is -0.550 e. The molecule has 2 bridgehead atoms. The Hall–Kier alpha value is -3.61. The molecule has 4 atom stereocenters. The SMILES string of the molecule is COc1cc(NC(=O)[C@H]2[C@@H](C(=O)[O-])[C@H]3C=C[C@@H]2C3)ccc1NC(=O)c1ccccc1. The molecule has 1 fully saturated rings. The Balaban J connectivity index is 1.49. The molecule has 7 heteroatoms. The summed E-state index contributed by atoms with van der Waals surface area (Å²) in [5, 5.41) is 17.1. The van der Waals surface area contributed by atoms with Crippen LogP contribution in [0.3, 0.4) is 0 Å². The number of carboxylic acids is 1. The first kappa shape index (κ1) is 19.7. The zero-order valence-electron chi connectivity index (χ0n) is 16.3. The molecule has 2 N–H and O–H groups in total. The minimum absolute atomic E-state index is 0.0933. The third kappa shape index (κ3) is 3.66. The van der Waals surface area contributed by atoms with Crippen molar-refractivity contribution in [3.05, 3.63) is 66.2 Å². The number of carboxylic acid groups (broad SMARTS) is 1. The average molecular weight is 405 g/mol. The third-order valence-electron chi connectivity index (χ3n) is 5.79. The van der Waals surface area contributed by atoms with Crippen LogP contribution >= 0.6 is 0 Å². The molecule has 1 saturated carbocycles. The highest BCUT2D eigenvalue weighted by atomic mass is 16.5. The highest BCUT2D eigenvalue weighted by Gasteiger charge is 2.48. The number of carbonyl (C=O) groups excluding carboxylic acids is 3. The summed E-state index contributed by atoms with van der Waals surface area (Å²) in [6.45, 7) is 0. The van der Waals surface area contributed by atoms with Gasteiger partial charge in [0, 0.05) is 29.2 Å². The molecule has 0 spiro atoms. The van der Waals surface area contributed by atoms with Crippen LogP contribution in [0.25, 0.3) is 0 Å². The number of ether oxygens (including phenoxy) is 1. The summed E-state index contributed by atoms with van der Waals surface area (Å²) in [7, 11) is 1.46. The topological polar surface area (TPSA) is 108 Å². The Bertz CT molecular complexity index is 1020. The molecule has 0 unspecified atom stereocenters. The average Bonchev–Trinajstić information content (AvgIpc) is 3.37. The lowest BCUT2D eigenvalue weighted by Crippen LogP contribution is -2.42. The predicted molar refractivity (Wildman–Crippen MR) is 109 cm³/mol. The van der Waals surface area contributed by atoms with Crippen LogP contribution in [-0.4, -0.2) is 24.9 Å². The van der Waals surface area contributed by atoms with Crippen molar-refractivity contribution in [2.45, 2.75) is 6.42 Å². The van der Waals surface area contributed by atoms with Crippen molar-refractivity contribution in [1.29, 1.82) is 0 Å². The van der Waals surface area contributed by atoms with Crippen LogP contribution in [0.15, 0.2) is 60.7 Å². The van der Waals surface area contributed by atoms with Crippen LogP contribution < -0.4 is 20.5 Å². The monoisotopic (exact) mass is 405 g/mol. The fraction of sp³-hybridized carbons (Fsp3) is 0.261. The van der Waals surface area contributed by atoms with Crippen molar-refractivity contribution in [2.75, 3.05) is 17.7 Å². The highest BCUT2D eigenvalue weighted by molar-refractivity contribution is 6.05. The van der Waals surface area contributed by atoms with Gasteiger partial charge in [-0.1, -0.05) is 30.4 Å². The van der Waals surface area contributed by atoms with Crippen molar-refractivity contribution in [3.63, 3.8) is 0 Å². The summed E-state index contributed by atoms with van der Waals surface area (Å²) in [6, 6.07) is 13.6. The molecule has 2 aliphatic rings. The normalized spacial score (nSPS) is 23.8. The Morgan fingerprint density at radius 3 is 2.33 bits per heavy atom. The van der Waals surface area contributed by atoms with Gasteiger partial charge in [0.05, 0.1) is 18.7 Å². The molecule has 2 aromatic carbocycles. The molecular formula is C23H21N2O5-. The zero-order valence-corrected chi connectivity index (χ0v) is 16.3. The first-order valence-corrected chi connectivity index (χ1v) is 9.72. The van der Waals surface area contributed by atoms with E-state index in [-0.39, 0.29) is 23.7 Å². The van der Waals surface area contributed by atoms with Crippen molar-refractivity contribution in [1.82, 2.24) is 0 Å². The van der Waals surface area contributed by atoms with Gasteiger partial charge in [-0.15, -0.1) is 0 Å². The van der Waals surface area contributed by atoms with Crippen molar-refractivity contribution < 1.29 is 24.2 Å². The number of benzene rings is 2. The number of nitrogens with one attached hydrogen (secondary N) is 2. The molecule has 4 rings (SSSR count). The Kier molecular flexibility index (Phi) is 5.27. The molecule has 0 aliphatic heterocycles. The first-order chi connectivity index (χ1) is 14.5. The summed E-state index contributed by atoms with van der Waals surface area (Å²) in [6.07, 6.45) is 4.43. The number of fused-ring (bicyclic) bond motifs is 2. The molecule has 0 heterocycles. The second-order valence-corrected chi connectivity index (χ2v) is 7.54. The number of amides is 2. The molecule has 7 nitrogen and oxygen atoms in total. The maximum Gasteiger partial charge on any atom is 0.255 e. The van der Waals surface area contributed by atoms with Gasteiger partial charge in [0.25, 0.3) is 5.91 Å². The standard InChI is InChI=1S/C23H22N2O5/c1-30-18-12-16(9-10-17(18)25-21(26)13-5-3-2-4-6-13)24-22(27)19-14-7-8-15(11-14)20(19)23(28)29/h2-10,12,14-15,19-20H,11H2,1H3,(H,24,27)(H,25,26)(H,28,29)/p-1/t14-,15+,19-,20+/m1/s1. The number of anilines is 2. The predicted octanol–water partition coefficient (Wildman–Crippen LogP) is 2.07. The molecule has 154 valence electrons. The van der Waals surface area contributed by atoms with Gasteiger partial charge < -0.3 is 25.3 Å². The van der Waals surface area contributed by atoms with E-state index in [4.69, 9.17) is 4.74 Å². The van der Waals surface area contributed by atoms with E-state index in [1.54, 1.807) is 42.5 Å². The third-order valence-corrected chi connectivity index (χ3v) is 5.79. The van der Waals surface area contributed by atoms with Crippen LogP contribution in [0.4, 0.5) is 11.4 Å². The number of allylic oxidation sites excluding steroid dienone is 2. The maximum absolute atomic E-state index is 12.8. The lowest BCUT2D eigenvalue weighted by molar-refractivity contribution is -0.313. The Labute approximate surface area is 173 Å². The summed E-state index contributed by atoms with van der Waals surface area (Å²) in [4.78, 5) is 36.7. The van der Waals surface area contributed by atoms with E-state index >= 15 is 0 Å². The van der Waals surface area contributed by atoms with Gasteiger partial charge in [0.1, 0.15) is 5.75 Å². The molecule has 0 saturated heterocycles. The molecule has 2 aliphatic carbocycles. The van der Waals surface area contributed by atoms with Crippen LogP contribution in [0, 0.1) is 23.7 Å². The van der Waals surface area contributed by atoms with Crippen molar-refractivity contribution >= 4 is 29.2 Å². The molecule has 2 aromatic rings. The van der Waals surface area contributed by atoms with Crippen LogP contribution in [0.1, 0.15) is 16.8 Å². The number of hydrogen-bond donors (Lipinski definition) is 2. The fourth-order valence-corrected chi connectivity index (χ4v) is 4.38. The van der Waals surface area contributed by atoms with Gasteiger partial charge >= 0.3 is 0 Å². The van der Waals surface area contributed by atoms with E-state index < -0.39 is 17.8 Å². The maximum atomic E-state index is 12.8. The molecule has 0 aromatic heterocycles. The van der Waals surface area contributed by atoms with E-state index in [1.807, 2.05) is 18.2 Å². The van der Waals surface area contributed by atoms with Crippen molar-refractivity contribution in [2.24, 2.45) is 23.7 Å². The van der Waals surface area contributed by atoms with E-state index in [9.17, 15) is 19.5 Å². The van der Waals surface area contributed by atoms with Crippen LogP contribution in [-0.2, 0) is 9.59 Å². The van der Waals surface area contributed by atoms with Gasteiger partial charge in [0.15, 0.2) is 0 Å². The lowest BCUT2D eigenvalue weighted by atomic mass is 9.82. The molecule has 2 amide bonds. The molecular weight excluding hydrogens is 384 g/mol. The van der Waals surface area contributed by atoms with Gasteiger partial charge in [-0.05, 0) is 42.5 Å². The first-order valence-electron chi connectivity index (χ1n) is 9.72. The second-order valence-electron chi connectivity index (χ2n) is 7.54. The smallest absolute Gasteiger partial charge is 0.255 e. The number of aliphatic carboxylic acids is 1. The molecule has 0 radical (unpaired) electrons. The van der Waals surface area contributed by atoms with Gasteiger partial charge in [0.2, 0.25) is 5.91 Å². The second kappa shape index (κ2) is 8.02. The minimum atomic E-state index is -1.19.